The first-order chi connectivity index (χ1) is 7.68. The SMILES string of the molecule is Nc1cc(Br)ccc1C(O)C1CCCCC1. The van der Waals surface area contributed by atoms with Crippen LogP contribution in [0.25, 0.3) is 0 Å². The van der Waals surface area contributed by atoms with Crippen molar-refractivity contribution in [3.05, 3.63) is 28.2 Å². The van der Waals surface area contributed by atoms with Gasteiger partial charge in [0, 0.05) is 15.7 Å². The smallest absolute Gasteiger partial charge is 0.0838 e. The summed E-state index contributed by atoms with van der Waals surface area (Å²) in [6.07, 6.45) is 5.62. The minimum Gasteiger partial charge on any atom is -0.398 e. The Bertz CT molecular complexity index is 361. The molecule has 0 spiro atoms. The number of halogens is 1. The summed E-state index contributed by atoms with van der Waals surface area (Å²) in [7, 11) is 0. The highest BCUT2D eigenvalue weighted by Crippen LogP contribution is 2.36. The zero-order valence-corrected chi connectivity index (χ0v) is 10.9. The van der Waals surface area contributed by atoms with Gasteiger partial charge in [-0.05, 0) is 30.9 Å². The molecule has 0 aliphatic heterocycles. The number of hydrogen-bond donors (Lipinski definition) is 2. The van der Waals surface area contributed by atoms with Gasteiger partial charge in [-0.25, -0.2) is 0 Å². The fourth-order valence-corrected chi connectivity index (χ4v) is 2.90. The van der Waals surface area contributed by atoms with Crippen LogP contribution in [-0.4, -0.2) is 5.11 Å². The molecular weight excluding hydrogens is 266 g/mol. The van der Waals surface area contributed by atoms with Crippen LogP contribution >= 0.6 is 15.9 Å². The summed E-state index contributed by atoms with van der Waals surface area (Å²) in [5.41, 5.74) is 7.51. The van der Waals surface area contributed by atoms with Crippen LogP contribution in [-0.2, 0) is 0 Å². The molecule has 1 atom stereocenters. The maximum Gasteiger partial charge on any atom is 0.0838 e. The van der Waals surface area contributed by atoms with Crippen LogP contribution in [0, 0.1) is 5.92 Å². The van der Waals surface area contributed by atoms with Crippen molar-refractivity contribution in [2.75, 3.05) is 5.73 Å². The van der Waals surface area contributed by atoms with Gasteiger partial charge in [0.05, 0.1) is 6.10 Å². The van der Waals surface area contributed by atoms with Gasteiger partial charge in [0.25, 0.3) is 0 Å². The van der Waals surface area contributed by atoms with Crippen molar-refractivity contribution in [1.29, 1.82) is 0 Å². The van der Waals surface area contributed by atoms with E-state index in [1.807, 2.05) is 18.2 Å². The zero-order chi connectivity index (χ0) is 11.5. The Balaban J connectivity index is 2.15. The molecule has 1 aliphatic rings. The Morgan fingerprint density at radius 1 is 1.25 bits per heavy atom. The minimum atomic E-state index is -0.395. The van der Waals surface area contributed by atoms with Crippen LogP contribution in [0.1, 0.15) is 43.8 Å². The molecule has 2 nitrogen and oxygen atoms in total. The van der Waals surface area contributed by atoms with Crippen molar-refractivity contribution in [3.8, 4) is 0 Å². The number of hydrogen-bond acceptors (Lipinski definition) is 2. The van der Waals surface area contributed by atoms with Crippen LogP contribution < -0.4 is 5.73 Å². The number of nitrogens with two attached hydrogens (primary N) is 1. The lowest BCUT2D eigenvalue weighted by atomic mass is 9.82. The second-order valence-corrected chi connectivity index (χ2v) is 5.53. The molecule has 1 aromatic rings. The van der Waals surface area contributed by atoms with Crippen molar-refractivity contribution >= 4 is 21.6 Å². The molecule has 0 aromatic heterocycles. The van der Waals surface area contributed by atoms with E-state index in [9.17, 15) is 5.11 Å². The molecule has 0 saturated heterocycles. The van der Waals surface area contributed by atoms with E-state index >= 15 is 0 Å². The summed E-state index contributed by atoms with van der Waals surface area (Å²) in [6.45, 7) is 0. The van der Waals surface area contributed by atoms with E-state index in [4.69, 9.17) is 5.73 Å². The van der Waals surface area contributed by atoms with Crippen molar-refractivity contribution in [1.82, 2.24) is 0 Å². The van der Waals surface area contributed by atoms with E-state index in [0.717, 1.165) is 22.9 Å². The molecule has 16 heavy (non-hydrogen) atoms. The number of anilines is 1. The predicted molar refractivity (Wildman–Crippen MR) is 70.1 cm³/mol. The molecule has 0 radical (unpaired) electrons. The fraction of sp³-hybridized carbons (Fsp3) is 0.538. The van der Waals surface area contributed by atoms with Crippen molar-refractivity contribution in [3.63, 3.8) is 0 Å². The number of aliphatic hydroxyl groups is 1. The third-order valence-electron chi connectivity index (χ3n) is 3.46. The first kappa shape index (κ1) is 11.9. The molecule has 0 heterocycles. The number of nitrogen functional groups attached to an aromatic ring is 1. The number of aliphatic hydroxyl groups excluding tert-OH is 1. The first-order valence-electron chi connectivity index (χ1n) is 5.91. The molecule has 1 aromatic carbocycles. The van der Waals surface area contributed by atoms with Crippen LogP contribution in [0.3, 0.4) is 0 Å². The van der Waals surface area contributed by atoms with E-state index in [1.165, 1.54) is 19.3 Å². The Morgan fingerprint density at radius 3 is 2.56 bits per heavy atom. The molecular formula is C13H18BrNO. The van der Waals surface area contributed by atoms with Crippen LogP contribution in [0.15, 0.2) is 22.7 Å². The van der Waals surface area contributed by atoms with Crippen LogP contribution in [0.4, 0.5) is 5.69 Å². The Morgan fingerprint density at radius 2 is 1.94 bits per heavy atom. The van der Waals surface area contributed by atoms with Crippen molar-refractivity contribution in [2.24, 2.45) is 5.92 Å². The highest BCUT2D eigenvalue weighted by Gasteiger charge is 2.24. The molecule has 1 unspecified atom stereocenters. The second kappa shape index (κ2) is 5.19. The van der Waals surface area contributed by atoms with E-state index in [0.29, 0.717) is 11.6 Å². The van der Waals surface area contributed by atoms with Crippen LogP contribution in [0.5, 0.6) is 0 Å². The quantitative estimate of drug-likeness (QED) is 0.814. The normalized spacial score (nSPS) is 19.6. The lowest BCUT2D eigenvalue weighted by Crippen LogP contribution is -2.17. The van der Waals surface area contributed by atoms with E-state index in [-0.39, 0.29) is 0 Å². The third-order valence-corrected chi connectivity index (χ3v) is 3.96. The highest BCUT2D eigenvalue weighted by molar-refractivity contribution is 9.10. The largest absolute Gasteiger partial charge is 0.398 e. The van der Waals surface area contributed by atoms with Gasteiger partial charge in [-0.3, -0.25) is 0 Å². The topological polar surface area (TPSA) is 46.2 Å². The van der Waals surface area contributed by atoms with Crippen LogP contribution in [0.2, 0.25) is 0 Å². The second-order valence-electron chi connectivity index (χ2n) is 4.62. The standard InChI is InChI=1S/C13H18BrNO/c14-10-6-7-11(12(15)8-10)13(16)9-4-2-1-3-5-9/h6-9,13,16H,1-5,15H2. The zero-order valence-electron chi connectivity index (χ0n) is 9.32. The van der Waals surface area contributed by atoms with E-state index < -0.39 is 6.10 Å². The Kier molecular flexibility index (Phi) is 3.87. The average molecular weight is 284 g/mol. The monoisotopic (exact) mass is 283 g/mol. The molecule has 88 valence electrons. The third kappa shape index (κ3) is 2.58. The van der Waals surface area contributed by atoms with Crippen molar-refractivity contribution in [2.45, 2.75) is 38.2 Å². The molecule has 0 bridgehead atoms. The fourth-order valence-electron chi connectivity index (χ4n) is 2.52. The van der Waals surface area contributed by atoms with E-state index in [1.54, 1.807) is 0 Å². The van der Waals surface area contributed by atoms with E-state index in [2.05, 4.69) is 15.9 Å². The van der Waals surface area contributed by atoms with Gasteiger partial charge in [0.15, 0.2) is 0 Å². The summed E-state index contributed by atoms with van der Waals surface area (Å²) in [5.74, 6) is 0.386. The van der Waals surface area contributed by atoms with Gasteiger partial charge < -0.3 is 10.8 Å². The maximum atomic E-state index is 10.3. The number of rotatable bonds is 2. The van der Waals surface area contributed by atoms with Gasteiger partial charge in [-0.15, -0.1) is 0 Å². The molecule has 0 amide bonds. The molecule has 3 N–H and O–H groups in total. The summed E-state index contributed by atoms with van der Waals surface area (Å²) in [6, 6.07) is 5.73. The van der Waals surface area contributed by atoms with Gasteiger partial charge in [0.1, 0.15) is 0 Å². The molecule has 1 aliphatic carbocycles. The van der Waals surface area contributed by atoms with Crippen molar-refractivity contribution < 1.29 is 5.11 Å². The summed E-state index contributed by atoms with van der Waals surface area (Å²) < 4.78 is 0.963. The Hall–Kier alpha value is -0.540. The van der Waals surface area contributed by atoms with Gasteiger partial charge >= 0.3 is 0 Å². The maximum absolute atomic E-state index is 10.3. The molecule has 1 saturated carbocycles. The van der Waals surface area contributed by atoms with Gasteiger partial charge in [-0.2, -0.15) is 0 Å². The predicted octanol–water partition coefficient (Wildman–Crippen LogP) is 3.65. The number of benzene rings is 1. The molecule has 3 heteroatoms. The van der Waals surface area contributed by atoms with Gasteiger partial charge in [-0.1, -0.05) is 41.3 Å². The summed E-state index contributed by atoms with van der Waals surface area (Å²) in [5, 5.41) is 10.3. The highest BCUT2D eigenvalue weighted by atomic mass is 79.9. The molecule has 2 rings (SSSR count). The van der Waals surface area contributed by atoms with Gasteiger partial charge in [0.2, 0.25) is 0 Å². The average Bonchev–Trinajstić information content (AvgIpc) is 2.29. The summed E-state index contributed by atoms with van der Waals surface area (Å²) >= 11 is 3.38. The molecule has 1 fully saturated rings. The first-order valence-corrected chi connectivity index (χ1v) is 6.71. The lowest BCUT2D eigenvalue weighted by molar-refractivity contribution is 0.0854. The minimum absolute atomic E-state index is 0.386. The summed E-state index contributed by atoms with van der Waals surface area (Å²) in [4.78, 5) is 0. The lowest BCUT2D eigenvalue weighted by Gasteiger charge is -2.27. The Labute approximate surface area is 105 Å².